The fraction of sp³-hybridized carbons (Fsp3) is 0.308. The van der Waals surface area contributed by atoms with Crippen molar-refractivity contribution in [1.82, 2.24) is 4.98 Å². The first-order valence-electron chi connectivity index (χ1n) is 6.17. The number of hydrogen-bond donors (Lipinski definition) is 0. The molecular formula is C13H13ClN2O4S. The quantitative estimate of drug-likeness (QED) is 0.478. The van der Waals surface area contributed by atoms with Crippen LogP contribution in [-0.4, -0.2) is 30.0 Å². The molecule has 8 heteroatoms. The molecule has 0 radical (unpaired) electrons. The van der Waals surface area contributed by atoms with Crippen LogP contribution >= 0.6 is 11.6 Å². The molecule has 0 amide bonds. The van der Waals surface area contributed by atoms with Gasteiger partial charge in [0.05, 0.1) is 26.5 Å². The molecule has 0 bridgehead atoms. The lowest BCUT2D eigenvalue weighted by atomic mass is 10.2. The van der Waals surface area contributed by atoms with Gasteiger partial charge in [-0.15, -0.1) is 11.6 Å². The number of nitrogens with zero attached hydrogens (tertiary/aromatic N) is 2. The second-order valence-electron chi connectivity index (χ2n) is 4.78. The summed E-state index contributed by atoms with van der Waals surface area (Å²) in [5.74, 6) is -0.122. The number of rotatable bonds is 5. The number of nitro benzene ring substituents is 1. The van der Waals surface area contributed by atoms with Gasteiger partial charge < -0.3 is 0 Å². The highest BCUT2D eigenvalue weighted by molar-refractivity contribution is 7.91. The average molecular weight is 329 g/mol. The Bertz CT molecular complexity index is 792. The first kappa shape index (κ1) is 15.7. The normalized spacial score (nSPS) is 13.2. The number of aromatic nitrogens is 1. The summed E-state index contributed by atoms with van der Waals surface area (Å²) in [4.78, 5) is 14.5. The van der Waals surface area contributed by atoms with Gasteiger partial charge in [-0.1, -0.05) is 6.92 Å². The van der Waals surface area contributed by atoms with Crippen LogP contribution in [0, 0.1) is 16.0 Å². The van der Waals surface area contributed by atoms with Gasteiger partial charge in [0.1, 0.15) is 0 Å². The number of pyridine rings is 1. The van der Waals surface area contributed by atoms with Crippen molar-refractivity contribution in [3.05, 3.63) is 40.6 Å². The maximum Gasteiger partial charge on any atom is 0.278 e. The third-order valence-corrected chi connectivity index (χ3v) is 5.54. The minimum Gasteiger partial charge on any atom is -0.258 e. The number of benzene rings is 1. The number of sulfone groups is 1. The summed E-state index contributed by atoms with van der Waals surface area (Å²) in [6.45, 7) is 1.73. The molecule has 0 aliphatic carbocycles. The van der Waals surface area contributed by atoms with Crippen LogP contribution in [0.15, 0.2) is 35.4 Å². The van der Waals surface area contributed by atoms with Gasteiger partial charge in [-0.3, -0.25) is 15.1 Å². The van der Waals surface area contributed by atoms with Crippen molar-refractivity contribution in [1.29, 1.82) is 0 Å². The molecular weight excluding hydrogens is 316 g/mol. The van der Waals surface area contributed by atoms with Gasteiger partial charge in [-0.2, -0.15) is 0 Å². The van der Waals surface area contributed by atoms with Crippen molar-refractivity contribution in [2.75, 3.05) is 11.6 Å². The van der Waals surface area contributed by atoms with Crippen LogP contribution in [0.4, 0.5) is 5.69 Å². The van der Waals surface area contributed by atoms with E-state index < -0.39 is 14.8 Å². The van der Waals surface area contributed by atoms with E-state index in [0.29, 0.717) is 0 Å². The third kappa shape index (κ3) is 3.14. The van der Waals surface area contributed by atoms with E-state index in [1.54, 1.807) is 6.92 Å². The minimum atomic E-state index is -3.61. The van der Waals surface area contributed by atoms with Gasteiger partial charge in [-0.25, -0.2) is 8.42 Å². The van der Waals surface area contributed by atoms with E-state index >= 15 is 0 Å². The molecule has 0 N–H and O–H groups in total. The molecule has 0 aliphatic heterocycles. The van der Waals surface area contributed by atoms with Crippen molar-refractivity contribution >= 4 is 38.0 Å². The molecule has 112 valence electrons. The van der Waals surface area contributed by atoms with Crippen LogP contribution in [0.2, 0.25) is 0 Å². The van der Waals surface area contributed by atoms with E-state index in [0.717, 1.165) is 0 Å². The van der Waals surface area contributed by atoms with Crippen LogP contribution in [0.1, 0.15) is 6.92 Å². The Hall–Kier alpha value is -1.73. The van der Waals surface area contributed by atoms with Crippen molar-refractivity contribution in [3.8, 4) is 0 Å². The zero-order valence-corrected chi connectivity index (χ0v) is 12.8. The molecule has 0 spiro atoms. The predicted octanol–water partition coefficient (Wildman–Crippen LogP) is 2.79. The van der Waals surface area contributed by atoms with Crippen LogP contribution in [0.25, 0.3) is 10.9 Å². The molecule has 21 heavy (non-hydrogen) atoms. The van der Waals surface area contributed by atoms with Crippen LogP contribution in [0.3, 0.4) is 0 Å². The van der Waals surface area contributed by atoms with Gasteiger partial charge in [0.25, 0.3) is 5.69 Å². The summed E-state index contributed by atoms with van der Waals surface area (Å²) >= 11 is 5.66. The first-order valence-corrected chi connectivity index (χ1v) is 8.36. The molecule has 1 heterocycles. The summed E-state index contributed by atoms with van der Waals surface area (Å²) in [5, 5.41) is 11.2. The Labute approximate surface area is 126 Å². The van der Waals surface area contributed by atoms with Gasteiger partial charge in [0.15, 0.2) is 9.84 Å². The highest BCUT2D eigenvalue weighted by Crippen LogP contribution is 2.30. The lowest BCUT2D eigenvalue weighted by Crippen LogP contribution is -2.16. The second-order valence-corrected chi connectivity index (χ2v) is 7.09. The average Bonchev–Trinajstić information content (AvgIpc) is 2.45. The molecule has 0 saturated heterocycles. The standard InChI is InChI=1S/C13H13ClN2O4S/c1-9(7-14)8-21(19,20)12-5-4-11(16(17)18)10-3-2-6-15-13(10)12/h2-6,9H,7-8H2,1H3. The van der Waals surface area contributed by atoms with E-state index in [1.165, 1.54) is 30.5 Å². The van der Waals surface area contributed by atoms with Crippen LogP contribution < -0.4 is 0 Å². The first-order chi connectivity index (χ1) is 9.86. The number of hydrogen-bond acceptors (Lipinski definition) is 5. The number of nitro groups is 1. The van der Waals surface area contributed by atoms with Gasteiger partial charge in [-0.05, 0) is 24.1 Å². The lowest BCUT2D eigenvalue weighted by Gasteiger charge is -2.10. The lowest BCUT2D eigenvalue weighted by molar-refractivity contribution is -0.383. The molecule has 1 atom stereocenters. The minimum absolute atomic E-state index is 0.000617. The summed E-state index contributed by atoms with van der Waals surface area (Å²) in [6.07, 6.45) is 1.41. The maximum atomic E-state index is 12.4. The fourth-order valence-electron chi connectivity index (χ4n) is 2.05. The SMILES string of the molecule is CC(CCl)CS(=O)(=O)c1ccc([N+](=O)[O-])c2cccnc12. The Morgan fingerprint density at radius 3 is 2.71 bits per heavy atom. The molecule has 1 aromatic carbocycles. The molecule has 2 aromatic rings. The fourth-order valence-corrected chi connectivity index (χ4v) is 4.07. The maximum absolute atomic E-state index is 12.4. The largest absolute Gasteiger partial charge is 0.278 e. The Kier molecular flexibility index (Phi) is 4.43. The van der Waals surface area contributed by atoms with Crippen LogP contribution in [-0.2, 0) is 9.84 Å². The highest BCUT2D eigenvalue weighted by Gasteiger charge is 2.24. The van der Waals surface area contributed by atoms with E-state index in [1.807, 2.05) is 0 Å². The Morgan fingerprint density at radius 2 is 2.10 bits per heavy atom. The monoisotopic (exact) mass is 328 g/mol. The molecule has 0 fully saturated rings. The second kappa shape index (κ2) is 5.95. The van der Waals surface area contributed by atoms with E-state index in [2.05, 4.69) is 4.98 Å². The summed E-state index contributed by atoms with van der Waals surface area (Å²) in [5.41, 5.74) is -0.0454. The molecule has 1 unspecified atom stereocenters. The van der Waals surface area contributed by atoms with E-state index in [9.17, 15) is 18.5 Å². The van der Waals surface area contributed by atoms with Crippen molar-refractivity contribution < 1.29 is 13.3 Å². The van der Waals surface area contributed by atoms with Gasteiger partial charge >= 0.3 is 0 Å². The molecule has 0 aliphatic rings. The number of fused-ring (bicyclic) bond motifs is 1. The zero-order valence-electron chi connectivity index (χ0n) is 11.2. The third-order valence-electron chi connectivity index (χ3n) is 3.01. The molecule has 2 rings (SSSR count). The topological polar surface area (TPSA) is 90.2 Å². The number of alkyl halides is 1. The van der Waals surface area contributed by atoms with Gasteiger partial charge in [0.2, 0.25) is 0 Å². The van der Waals surface area contributed by atoms with E-state index in [-0.39, 0.29) is 39.0 Å². The highest BCUT2D eigenvalue weighted by atomic mass is 35.5. The Morgan fingerprint density at radius 1 is 1.38 bits per heavy atom. The summed E-state index contributed by atoms with van der Waals surface area (Å²) in [7, 11) is -3.61. The summed E-state index contributed by atoms with van der Waals surface area (Å²) < 4.78 is 24.9. The smallest absolute Gasteiger partial charge is 0.258 e. The zero-order chi connectivity index (χ0) is 15.6. The Balaban J connectivity index is 2.67. The van der Waals surface area contributed by atoms with Crippen molar-refractivity contribution in [2.24, 2.45) is 5.92 Å². The van der Waals surface area contributed by atoms with Crippen molar-refractivity contribution in [3.63, 3.8) is 0 Å². The van der Waals surface area contributed by atoms with Gasteiger partial charge in [0, 0.05) is 18.1 Å². The van der Waals surface area contributed by atoms with E-state index in [4.69, 9.17) is 11.6 Å². The molecule has 6 nitrogen and oxygen atoms in total. The molecule has 1 aromatic heterocycles. The number of non-ortho nitro benzene ring substituents is 1. The van der Waals surface area contributed by atoms with Crippen molar-refractivity contribution in [2.45, 2.75) is 11.8 Å². The molecule has 0 saturated carbocycles. The summed E-state index contributed by atoms with van der Waals surface area (Å²) in [6, 6.07) is 5.46. The predicted molar refractivity (Wildman–Crippen MR) is 80.3 cm³/mol. The number of halogens is 1. The van der Waals surface area contributed by atoms with Crippen LogP contribution in [0.5, 0.6) is 0 Å².